The lowest BCUT2D eigenvalue weighted by Gasteiger charge is -2.10. The third-order valence-corrected chi connectivity index (χ3v) is 6.14. The van der Waals surface area contributed by atoms with Gasteiger partial charge in [-0.05, 0) is 93.1 Å². The lowest BCUT2D eigenvalue weighted by molar-refractivity contribution is -0.385. The molecule has 0 aliphatic heterocycles. The Balaban J connectivity index is 0.000000218. The first-order valence-corrected chi connectivity index (χ1v) is 10.5. The minimum absolute atomic E-state index is 0.0406. The molecule has 7 heteroatoms. The lowest BCUT2D eigenvalue weighted by Crippen LogP contribution is -1.94. The van der Waals surface area contributed by atoms with Crippen LogP contribution >= 0.6 is 0 Å². The predicted octanol–water partition coefficient (Wildman–Crippen LogP) is 6.09. The number of rotatable bonds is 2. The van der Waals surface area contributed by atoms with Crippen LogP contribution in [0.1, 0.15) is 33.4 Å². The highest BCUT2D eigenvalue weighted by molar-refractivity contribution is 5.87. The number of hydrogen-bond acceptors (Lipinski definition) is 6. The molecule has 0 saturated heterocycles. The summed E-state index contributed by atoms with van der Waals surface area (Å²) in [6.45, 7) is 14.5. The standard InChI is InChI=1S/C13H16N2.C12H12N2O2.CH2O/c1-8-5-13-12(10(3)9(8)2)6-11(14-4)7-15-13;1-7-4-12-11(9(3)8(7)2)5-10(6-13-12)14(15)16;1-2/h5-7,14H,1-4H3;4-6H,1-3H3;1H2. The zero-order valence-electron chi connectivity index (χ0n) is 20.2. The molecule has 0 saturated carbocycles. The van der Waals surface area contributed by atoms with E-state index in [9.17, 15) is 10.1 Å². The highest BCUT2D eigenvalue weighted by Gasteiger charge is 2.11. The van der Waals surface area contributed by atoms with Gasteiger partial charge >= 0.3 is 0 Å². The van der Waals surface area contributed by atoms with Crippen LogP contribution in [0.15, 0.2) is 36.7 Å². The van der Waals surface area contributed by atoms with Crippen LogP contribution in [0.4, 0.5) is 11.4 Å². The highest BCUT2D eigenvalue weighted by atomic mass is 16.6. The van der Waals surface area contributed by atoms with Gasteiger partial charge in [0.15, 0.2) is 0 Å². The zero-order valence-corrected chi connectivity index (χ0v) is 20.2. The predicted molar refractivity (Wildman–Crippen MR) is 135 cm³/mol. The molecule has 172 valence electrons. The normalized spacial score (nSPS) is 10.2. The number of benzene rings is 2. The fraction of sp³-hybridized carbons (Fsp3) is 0.269. The summed E-state index contributed by atoms with van der Waals surface area (Å²) < 4.78 is 0. The van der Waals surface area contributed by atoms with Gasteiger partial charge in [-0.1, -0.05) is 0 Å². The van der Waals surface area contributed by atoms with Gasteiger partial charge in [-0.25, -0.2) is 4.98 Å². The molecule has 33 heavy (non-hydrogen) atoms. The van der Waals surface area contributed by atoms with Gasteiger partial charge in [0.05, 0.1) is 27.8 Å². The number of aryl methyl sites for hydroxylation is 4. The van der Waals surface area contributed by atoms with E-state index in [1.54, 1.807) is 6.07 Å². The largest absolute Gasteiger partial charge is 0.387 e. The van der Waals surface area contributed by atoms with Crippen LogP contribution in [0.2, 0.25) is 0 Å². The Kier molecular flexibility index (Phi) is 8.18. The Bertz CT molecular complexity index is 1330. The Hall–Kier alpha value is -3.87. The monoisotopic (exact) mass is 446 g/mol. The summed E-state index contributed by atoms with van der Waals surface area (Å²) in [5, 5.41) is 15.9. The first kappa shape index (κ1) is 25.4. The Morgan fingerprint density at radius 1 is 0.758 bits per heavy atom. The molecule has 1 N–H and O–H groups in total. The highest BCUT2D eigenvalue weighted by Crippen LogP contribution is 2.26. The number of carbonyl (C=O) groups excluding carboxylic acids is 1. The maximum absolute atomic E-state index is 10.7. The number of aromatic nitrogens is 2. The second-order valence-electron chi connectivity index (χ2n) is 7.94. The average molecular weight is 447 g/mol. The number of nitrogens with one attached hydrogen (secondary N) is 1. The molecule has 2 aromatic carbocycles. The van der Waals surface area contributed by atoms with Crippen molar-refractivity contribution in [1.29, 1.82) is 0 Å². The van der Waals surface area contributed by atoms with E-state index in [2.05, 4.69) is 48.2 Å². The molecule has 0 fully saturated rings. The van der Waals surface area contributed by atoms with Crippen molar-refractivity contribution in [2.24, 2.45) is 0 Å². The summed E-state index contributed by atoms with van der Waals surface area (Å²) >= 11 is 0. The molecule has 0 unspecified atom stereocenters. The van der Waals surface area contributed by atoms with Crippen molar-refractivity contribution in [2.75, 3.05) is 12.4 Å². The molecule has 0 aliphatic rings. The van der Waals surface area contributed by atoms with Gasteiger partial charge in [0, 0.05) is 23.9 Å². The summed E-state index contributed by atoms with van der Waals surface area (Å²) in [5.74, 6) is 0. The third kappa shape index (κ3) is 5.31. The van der Waals surface area contributed by atoms with E-state index in [1.807, 2.05) is 46.9 Å². The second-order valence-corrected chi connectivity index (χ2v) is 7.94. The van der Waals surface area contributed by atoms with Crippen molar-refractivity contribution in [3.8, 4) is 0 Å². The van der Waals surface area contributed by atoms with Gasteiger partial charge in [0.1, 0.15) is 13.0 Å². The lowest BCUT2D eigenvalue weighted by atomic mass is 9.99. The molecule has 0 atom stereocenters. The Labute approximate surface area is 194 Å². The molecular weight excluding hydrogens is 416 g/mol. The molecule has 0 spiro atoms. The molecule has 0 aliphatic carbocycles. The summed E-state index contributed by atoms with van der Waals surface area (Å²) in [6.07, 6.45) is 3.17. The van der Waals surface area contributed by atoms with Crippen LogP contribution in [0, 0.1) is 51.7 Å². The molecule has 0 bridgehead atoms. The van der Waals surface area contributed by atoms with E-state index in [1.165, 1.54) is 28.3 Å². The zero-order chi connectivity index (χ0) is 24.9. The van der Waals surface area contributed by atoms with E-state index in [-0.39, 0.29) is 5.69 Å². The second kappa shape index (κ2) is 10.6. The summed E-state index contributed by atoms with van der Waals surface area (Å²) in [7, 11) is 1.92. The SMILES string of the molecule is C=O.CNc1cnc2cc(C)c(C)c(C)c2c1.Cc1cc2ncc([N+](=O)[O-])cc2c(C)c1C. The molecule has 7 nitrogen and oxygen atoms in total. The van der Waals surface area contributed by atoms with Gasteiger partial charge < -0.3 is 10.1 Å². The van der Waals surface area contributed by atoms with Crippen LogP contribution in [-0.2, 0) is 4.79 Å². The van der Waals surface area contributed by atoms with Crippen molar-refractivity contribution in [2.45, 2.75) is 41.5 Å². The van der Waals surface area contributed by atoms with Crippen molar-refractivity contribution >= 4 is 40.0 Å². The number of pyridine rings is 2. The Morgan fingerprint density at radius 3 is 1.67 bits per heavy atom. The van der Waals surface area contributed by atoms with E-state index < -0.39 is 4.92 Å². The topological polar surface area (TPSA) is 98.0 Å². The molecular formula is C26H30N4O3. The van der Waals surface area contributed by atoms with Crippen LogP contribution < -0.4 is 5.32 Å². The first-order valence-electron chi connectivity index (χ1n) is 10.5. The van der Waals surface area contributed by atoms with Crippen molar-refractivity contribution in [1.82, 2.24) is 9.97 Å². The van der Waals surface area contributed by atoms with Gasteiger partial charge in [-0.2, -0.15) is 0 Å². The minimum atomic E-state index is -0.416. The van der Waals surface area contributed by atoms with Crippen molar-refractivity contribution < 1.29 is 9.72 Å². The quantitative estimate of drug-likeness (QED) is 0.296. The van der Waals surface area contributed by atoms with E-state index in [4.69, 9.17) is 4.79 Å². The maximum Gasteiger partial charge on any atom is 0.288 e. The molecule has 4 rings (SSSR count). The third-order valence-electron chi connectivity index (χ3n) is 6.14. The average Bonchev–Trinajstić information content (AvgIpc) is 2.82. The molecule has 2 aromatic heterocycles. The van der Waals surface area contributed by atoms with E-state index >= 15 is 0 Å². The van der Waals surface area contributed by atoms with E-state index in [0.717, 1.165) is 38.8 Å². The number of nitro groups is 1. The number of fused-ring (bicyclic) bond motifs is 2. The first-order chi connectivity index (χ1) is 15.6. The van der Waals surface area contributed by atoms with Gasteiger partial charge in [0.2, 0.25) is 0 Å². The summed E-state index contributed by atoms with van der Waals surface area (Å²) in [6, 6.07) is 7.85. The number of hydrogen-bond donors (Lipinski definition) is 1. The van der Waals surface area contributed by atoms with Crippen LogP contribution in [-0.4, -0.2) is 28.7 Å². The van der Waals surface area contributed by atoms with Gasteiger partial charge in [-0.3, -0.25) is 15.1 Å². The number of nitrogens with zero attached hydrogens (tertiary/aromatic N) is 3. The molecule has 4 aromatic rings. The smallest absolute Gasteiger partial charge is 0.288 e. The summed E-state index contributed by atoms with van der Waals surface area (Å²) in [4.78, 5) is 26.8. The van der Waals surface area contributed by atoms with Gasteiger partial charge in [-0.15, -0.1) is 0 Å². The summed E-state index contributed by atoms with van der Waals surface area (Å²) in [5.41, 5.74) is 10.4. The van der Waals surface area contributed by atoms with Crippen molar-refractivity contribution in [3.05, 3.63) is 80.2 Å². The van der Waals surface area contributed by atoms with Gasteiger partial charge in [0.25, 0.3) is 5.69 Å². The fourth-order valence-corrected chi connectivity index (χ4v) is 3.63. The Morgan fingerprint density at radius 2 is 1.21 bits per heavy atom. The molecule has 0 radical (unpaired) electrons. The molecule has 0 amide bonds. The van der Waals surface area contributed by atoms with Crippen LogP contribution in [0.3, 0.4) is 0 Å². The van der Waals surface area contributed by atoms with Crippen LogP contribution in [0.25, 0.3) is 21.8 Å². The number of carbonyl (C=O) groups is 1. The maximum atomic E-state index is 10.7. The molecule has 2 heterocycles. The van der Waals surface area contributed by atoms with Crippen molar-refractivity contribution in [3.63, 3.8) is 0 Å². The fourth-order valence-electron chi connectivity index (χ4n) is 3.63. The van der Waals surface area contributed by atoms with E-state index in [0.29, 0.717) is 0 Å². The minimum Gasteiger partial charge on any atom is -0.387 e. The number of anilines is 1. The van der Waals surface area contributed by atoms with Crippen LogP contribution in [0.5, 0.6) is 0 Å².